The van der Waals surface area contributed by atoms with Gasteiger partial charge < -0.3 is 20.1 Å². The van der Waals surface area contributed by atoms with Crippen LogP contribution in [0.25, 0.3) is 0 Å². The van der Waals surface area contributed by atoms with E-state index in [1.54, 1.807) is 25.3 Å². The maximum absolute atomic E-state index is 12.9. The van der Waals surface area contributed by atoms with Gasteiger partial charge in [0.25, 0.3) is 5.91 Å². The Morgan fingerprint density at radius 2 is 2.24 bits per heavy atom. The molecule has 0 spiro atoms. The summed E-state index contributed by atoms with van der Waals surface area (Å²) in [5.41, 5.74) is 6.98. The number of rotatable bonds is 5. The first kappa shape index (κ1) is 14.2. The van der Waals surface area contributed by atoms with Gasteiger partial charge in [0, 0.05) is 30.8 Å². The normalized spacial score (nSPS) is 21.3. The molecule has 3 rings (SSSR count). The van der Waals surface area contributed by atoms with Gasteiger partial charge in [0.2, 0.25) is 0 Å². The number of ether oxygens (including phenoxy) is 2. The third-order valence-corrected chi connectivity index (χ3v) is 4.22. The SMILES string of the molecule is COc1cccc(N)c1C(=O)N(CC1CCOC1)C1CC1. The summed E-state index contributed by atoms with van der Waals surface area (Å²) in [6, 6.07) is 5.69. The van der Waals surface area contributed by atoms with Gasteiger partial charge in [-0.2, -0.15) is 0 Å². The highest BCUT2D eigenvalue weighted by Crippen LogP contribution is 2.33. The number of hydrogen-bond acceptors (Lipinski definition) is 4. The molecular weight excluding hydrogens is 268 g/mol. The largest absolute Gasteiger partial charge is 0.496 e. The maximum Gasteiger partial charge on any atom is 0.259 e. The molecule has 1 aromatic carbocycles. The highest BCUT2D eigenvalue weighted by Gasteiger charge is 2.36. The predicted molar refractivity (Wildman–Crippen MR) is 80.4 cm³/mol. The summed E-state index contributed by atoms with van der Waals surface area (Å²) >= 11 is 0. The minimum absolute atomic E-state index is 0.0145. The smallest absolute Gasteiger partial charge is 0.259 e. The van der Waals surface area contributed by atoms with E-state index in [2.05, 4.69) is 0 Å². The molecule has 1 aromatic rings. The van der Waals surface area contributed by atoms with Crippen LogP contribution in [0.2, 0.25) is 0 Å². The molecule has 1 saturated heterocycles. The Balaban J connectivity index is 1.83. The Bertz CT molecular complexity index is 522. The van der Waals surface area contributed by atoms with Crippen LogP contribution in [0, 0.1) is 5.92 Å². The number of nitrogens with zero attached hydrogens (tertiary/aromatic N) is 1. The molecule has 1 atom stereocenters. The number of amides is 1. The zero-order valence-electron chi connectivity index (χ0n) is 12.4. The second-order valence-electron chi connectivity index (χ2n) is 5.84. The monoisotopic (exact) mass is 290 g/mol. The molecule has 0 radical (unpaired) electrons. The highest BCUT2D eigenvalue weighted by atomic mass is 16.5. The van der Waals surface area contributed by atoms with Gasteiger partial charge in [-0.3, -0.25) is 4.79 Å². The van der Waals surface area contributed by atoms with E-state index in [-0.39, 0.29) is 5.91 Å². The molecule has 2 fully saturated rings. The molecule has 0 aromatic heterocycles. The van der Waals surface area contributed by atoms with Gasteiger partial charge in [-0.25, -0.2) is 0 Å². The molecule has 5 heteroatoms. The van der Waals surface area contributed by atoms with Crippen molar-refractivity contribution >= 4 is 11.6 Å². The van der Waals surface area contributed by atoms with E-state index in [1.165, 1.54) is 0 Å². The molecule has 1 aliphatic heterocycles. The van der Waals surface area contributed by atoms with Crippen LogP contribution in [0.15, 0.2) is 18.2 Å². The molecular formula is C16H22N2O3. The lowest BCUT2D eigenvalue weighted by atomic mass is 10.1. The lowest BCUT2D eigenvalue weighted by Crippen LogP contribution is -2.38. The number of nitrogen functional groups attached to an aromatic ring is 1. The van der Waals surface area contributed by atoms with Gasteiger partial charge in [-0.05, 0) is 31.4 Å². The van der Waals surface area contributed by atoms with Crippen LogP contribution in [-0.4, -0.2) is 43.7 Å². The Kier molecular flexibility index (Phi) is 4.01. The first-order valence-corrected chi connectivity index (χ1v) is 7.52. The van der Waals surface area contributed by atoms with Crippen molar-refractivity contribution < 1.29 is 14.3 Å². The van der Waals surface area contributed by atoms with E-state index in [1.807, 2.05) is 4.90 Å². The van der Waals surface area contributed by atoms with Gasteiger partial charge in [-0.15, -0.1) is 0 Å². The third-order valence-electron chi connectivity index (χ3n) is 4.22. The highest BCUT2D eigenvalue weighted by molar-refractivity contribution is 6.02. The van der Waals surface area contributed by atoms with Crippen molar-refractivity contribution in [3.63, 3.8) is 0 Å². The first-order valence-electron chi connectivity index (χ1n) is 7.52. The van der Waals surface area contributed by atoms with Gasteiger partial charge in [0.05, 0.1) is 13.7 Å². The quantitative estimate of drug-likeness (QED) is 0.841. The third kappa shape index (κ3) is 2.97. The van der Waals surface area contributed by atoms with E-state index in [4.69, 9.17) is 15.2 Å². The minimum Gasteiger partial charge on any atom is -0.496 e. The molecule has 2 aliphatic rings. The van der Waals surface area contributed by atoms with Crippen LogP contribution >= 0.6 is 0 Å². The van der Waals surface area contributed by atoms with Gasteiger partial charge in [-0.1, -0.05) is 6.07 Å². The first-order chi connectivity index (χ1) is 10.2. The van der Waals surface area contributed by atoms with Crippen molar-refractivity contribution in [2.24, 2.45) is 5.92 Å². The summed E-state index contributed by atoms with van der Waals surface area (Å²) in [6.45, 7) is 2.30. The number of carbonyl (C=O) groups excluding carboxylic acids is 1. The zero-order chi connectivity index (χ0) is 14.8. The topological polar surface area (TPSA) is 64.8 Å². The fourth-order valence-electron chi connectivity index (χ4n) is 2.88. The van der Waals surface area contributed by atoms with Crippen molar-refractivity contribution in [1.29, 1.82) is 0 Å². The zero-order valence-corrected chi connectivity index (χ0v) is 12.4. The molecule has 1 unspecified atom stereocenters. The summed E-state index contributed by atoms with van der Waals surface area (Å²) < 4.78 is 10.7. The number of carbonyl (C=O) groups is 1. The second kappa shape index (κ2) is 5.93. The molecule has 0 bridgehead atoms. The van der Waals surface area contributed by atoms with Crippen molar-refractivity contribution in [2.75, 3.05) is 32.6 Å². The summed E-state index contributed by atoms with van der Waals surface area (Å²) in [4.78, 5) is 14.9. The van der Waals surface area contributed by atoms with E-state index >= 15 is 0 Å². The van der Waals surface area contributed by atoms with Crippen LogP contribution in [-0.2, 0) is 4.74 Å². The minimum atomic E-state index is -0.0145. The van der Waals surface area contributed by atoms with E-state index in [9.17, 15) is 4.79 Å². The summed E-state index contributed by atoms with van der Waals surface area (Å²) in [6.07, 6.45) is 3.18. The molecule has 1 amide bonds. The predicted octanol–water partition coefficient (Wildman–Crippen LogP) is 1.92. The lowest BCUT2D eigenvalue weighted by molar-refractivity contribution is 0.0704. The van der Waals surface area contributed by atoms with Crippen LogP contribution < -0.4 is 10.5 Å². The van der Waals surface area contributed by atoms with E-state index < -0.39 is 0 Å². The lowest BCUT2D eigenvalue weighted by Gasteiger charge is -2.26. The van der Waals surface area contributed by atoms with Crippen molar-refractivity contribution in [1.82, 2.24) is 4.90 Å². The standard InChI is InChI=1S/C16H22N2O3/c1-20-14-4-2-3-13(17)15(14)16(19)18(12-5-6-12)9-11-7-8-21-10-11/h2-4,11-12H,5-10,17H2,1H3. The van der Waals surface area contributed by atoms with E-state index in [0.29, 0.717) is 29.0 Å². The van der Waals surface area contributed by atoms with Gasteiger partial charge in [0.1, 0.15) is 11.3 Å². The Hall–Kier alpha value is -1.75. The fraction of sp³-hybridized carbons (Fsp3) is 0.562. The van der Waals surface area contributed by atoms with E-state index in [0.717, 1.165) is 39.0 Å². The number of nitrogens with two attached hydrogens (primary N) is 1. The number of methoxy groups -OCH3 is 1. The van der Waals surface area contributed by atoms with Gasteiger partial charge >= 0.3 is 0 Å². The van der Waals surface area contributed by atoms with Crippen LogP contribution in [0.5, 0.6) is 5.75 Å². The van der Waals surface area contributed by atoms with Crippen LogP contribution in [0.3, 0.4) is 0 Å². The maximum atomic E-state index is 12.9. The number of hydrogen-bond donors (Lipinski definition) is 1. The summed E-state index contributed by atoms with van der Waals surface area (Å²) in [5.74, 6) is 0.971. The number of anilines is 1. The van der Waals surface area contributed by atoms with Crippen LogP contribution in [0.4, 0.5) is 5.69 Å². The van der Waals surface area contributed by atoms with Crippen molar-refractivity contribution in [3.8, 4) is 5.75 Å². The summed E-state index contributed by atoms with van der Waals surface area (Å²) in [7, 11) is 1.57. The van der Waals surface area contributed by atoms with Crippen molar-refractivity contribution in [2.45, 2.75) is 25.3 Å². The Morgan fingerprint density at radius 3 is 2.86 bits per heavy atom. The molecule has 1 heterocycles. The Morgan fingerprint density at radius 1 is 1.43 bits per heavy atom. The van der Waals surface area contributed by atoms with Crippen molar-refractivity contribution in [3.05, 3.63) is 23.8 Å². The number of benzene rings is 1. The molecule has 21 heavy (non-hydrogen) atoms. The van der Waals surface area contributed by atoms with Gasteiger partial charge in [0.15, 0.2) is 0 Å². The molecule has 5 nitrogen and oxygen atoms in total. The second-order valence-corrected chi connectivity index (χ2v) is 5.84. The van der Waals surface area contributed by atoms with Crippen LogP contribution in [0.1, 0.15) is 29.6 Å². The molecule has 114 valence electrons. The fourth-order valence-corrected chi connectivity index (χ4v) is 2.88. The molecule has 1 aliphatic carbocycles. The average molecular weight is 290 g/mol. The summed E-state index contributed by atoms with van der Waals surface area (Å²) in [5, 5.41) is 0. The average Bonchev–Trinajstić information content (AvgIpc) is 3.20. The molecule has 2 N–H and O–H groups in total. The molecule has 1 saturated carbocycles. The Labute approximate surface area is 125 Å².